The molecule has 1 aromatic rings. The van der Waals surface area contributed by atoms with Crippen molar-refractivity contribution in [2.75, 3.05) is 45.9 Å². The topological polar surface area (TPSA) is 79.0 Å². The van der Waals surface area contributed by atoms with Crippen LogP contribution < -0.4 is 5.32 Å². The summed E-state index contributed by atoms with van der Waals surface area (Å²) in [5, 5.41) is 2.90. The second kappa shape index (κ2) is 10.3. The van der Waals surface area contributed by atoms with Crippen LogP contribution in [0.3, 0.4) is 0 Å². The first kappa shape index (κ1) is 21.2. The SMILES string of the molecule is O=C(CN(C1CCCCC1)S(=O)(=O)c1ccccc1)NCCN1CCOCC1. The molecule has 7 nitrogen and oxygen atoms in total. The van der Waals surface area contributed by atoms with E-state index in [1.807, 2.05) is 0 Å². The number of hydrogen-bond acceptors (Lipinski definition) is 5. The Morgan fingerprint density at radius 2 is 1.79 bits per heavy atom. The quantitative estimate of drug-likeness (QED) is 0.703. The van der Waals surface area contributed by atoms with Crippen LogP contribution in [0.2, 0.25) is 0 Å². The van der Waals surface area contributed by atoms with Crippen LogP contribution in [0, 0.1) is 0 Å². The molecule has 1 saturated carbocycles. The summed E-state index contributed by atoms with van der Waals surface area (Å²) in [6.45, 7) is 4.33. The van der Waals surface area contributed by atoms with E-state index in [9.17, 15) is 13.2 Å². The Bertz CT molecular complexity index is 714. The van der Waals surface area contributed by atoms with Crippen LogP contribution in [0.15, 0.2) is 35.2 Å². The lowest BCUT2D eigenvalue weighted by molar-refractivity contribution is -0.121. The van der Waals surface area contributed by atoms with Crippen LogP contribution in [0.5, 0.6) is 0 Å². The Balaban J connectivity index is 1.62. The maximum atomic E-state index is 13.2. The van der Waals surface area contributed by atoms with Crippen LogP contribution in [0.1, 0.15) is 32.1 Å². The van der Waals surface area contributed by atoms with Crippen molar-refractivity contribution in [3.8, 4) is 0 Å². The second-order valence-corrected chi connectivity index (χ2v) is 9.35. The average Bonchev–Trinajstić information content (AvgIpc) is 2.74. The van der Waals surface area contributed by atoms with E-state index in [-0.39, 0.29) is 23.4 Å². The van der Waals surface area contributed by atoms with Gasteiger partial charge in [0.15, 0.2) is 0 Å². The lowest BCUT2D eigenvalue weighted by Gasteiger charge is -2.33. The zero-order valence-corrected chi connectivity index (χ0v) is 17.2. The average molecular weight is 410 g/mol. The van der Waals surface area contributed by atoms with Crippen molar-refractivity contribution in [2.45, 2.75) is 43.0 Å². The Hall–Kier alpha value is -1.48. The first-order chi connectivity index (χ1) is 13.6. The number of carbonyl (C=O) groups is 1. The molecule has 0 atom stereocenters. The van der Waals surface area contributed by atoms with Gasteiger partial charge in [0, 0.05) is 32.2 Å². The largest absolute Gasteiger partial charge is 0.379 e. The van der Waals surface area contributed by atoms with Gasteiger partial charge in [-0.1, -0.05) is 37.5 Å². The number of nitrogens with zero attached hydrogens (tertiary/aromatic N) is 2. The van der Waals surface area contributed by atoms with E-state index in [0.717, 1.165) is 65.0 Å². The maximum absolute atomic E-state index is 13.2. The normalized spacial score (nSPS) is 19.6. The summed E-state index contributed by atoms with van der Waals surface area (Å²) in [6, 6.07) is 8.32. The van der Waals surface area contributed by atoms with Crippen molar-refractivity contribution in [3.63, 3.8) is 0 Å². The van der Waals surface area contributed by atoms with Crippen LogP contribution in [0.25, 0.3) is 0 Å². The van der Waals surface area contributed by atoms with Gasteiger partial charge in [-0.25, -0.2) is 8.42 Å². The molecule has 28 heavy (non-hydrogen) atoms. The van der Waals surface area contributed by atoms with E-state index in [1.165, 1.54) is 4.31 Å². The minimum Gasteiger partial charge on any atom is -0.379 e. The highest BCUT2D eigenvalue weighted by atomic mass is 32.2. The van der Waals surface area contributed by atoms with Crippen molar-refractivity contribution in [2.24, 2.45) is 0 Å². The molecular weight excluding hydrogens is 378 g/mol. The highest BCUT2D eigenvalue weighted by molar-refractivity contribution is 7.89. The van der Waals surface area contributed by atoms with Gasteiger partial charge < -0.3 is 10.1 Å². The highest BCUT2D eigenvalue weighted by Crippen LogP contribution is 2.27. The molecule has 1 amide bonds. The number of ether oxygens (including phenoxy) is 1. The molecule has 0 unspecified atom stereocenters. The number of hydrogen-bond donors (Lipinski definition) is 1. The number of nitrogens with one attached hydrogen (secondary N) is 1. The van der Waals surface area contributed by atoms with Gasteiger partial charge in [0.1, 0.15) is 0 Å². The maximum Gasteiger partial charge on any atom is 0.243 e. The Labute approximate surface area is 168 Å². The lowest BCUT2D eigenvalue weighted by atomic mass is 9.95. The van der Waals surface area contributed by atoms with Crippen molar-refractivity contribution < 1.29 is 17.9 Å². The van der Waals surface area contributed by atoms with Gasteiger partial charge in [-0.2, -0.15) is 4.31 Å². The van der Waals surface area contributed by atoms with E-state index >= 15 is 0 Å². The zero-order chi connectivity index (χ0) is 19.8. The number of benzene rings is 1. The summed E-state index contributed by atoms with van der Waals surface area (Å²) in [5.41, 5.74) is 0. The number of amides is 1. The molecule has 1 N–H and O–H groups in total. The van der Waals surface area contributed by atoms with Gasteiger partial charge in [0.2, 0.25) is 15.9 Å². The van der Waals surface area contributed by atoms with Crippen molar-refractivity contribution in [1.82, 2.24) is 14.5 Å². The predicted molar refractivity (Wildman–Crippen MR) is 107 cm³/mol. The van der Waals surface area contributed by atoms with Crippen molar-refractivity contribution in [3.05, 3.63) is 30.3 Å². The third kappa shape index (κ3) is 5.76. The molecule has 3 rings (SSSR count). The second-order valence-electron chi connectivity index (χ2n) is 7.46. The van der Waals surface area contributed by atoms with Gasteiger partial charge in [-0.05, 0) is 25.0 Å². The van der Waals surface area contributed by atoms with Crippen LogP contribution in [-0.4, -0.2) is 75.5 Å². The minimum atomic E-state index is -3.70. The van der Waals surface area contributed by atoms with E-state index in [0.29, 0.717) is 6.54 Å². The molecule has 0 spiro atoms. The summed E-state index contributed by atoms with van der Waals surface area (Å²) in [4.78, 5) is 15.0. The van der Waals surface area contributed by atoms with Gasteiger partial charge >= 0.3 is 0 Å². The zero-order valence-electron chi connectivity index (χ0n) is 16.4. The number of rotatable bonds is 8. The molecule has 2 aliphatic rings. The van der Waals surface area contributed by atoms with Crippen molar-refractivity contribution >= 4 is 15.9 Å². The Morgan fingerprint density at radius 3 is 2.46 bits per heavy atom. The monoisotopic (exact) mass is 409 g/mol. The molecule has 1 aliphatic carbocycles. The van der Waals surface area contributed by atoms with E-state index in [1.54, 1.807) is 30.3 Å². The fraction of sp³-hybridized carbons (Fsp3) is 0.650. The van der Waals surface area contributed by atoms with Gasteiger partial charge in [0.05, 0.1) is 24.7 Å². The molecule has 0 aromatic heterocycles. The smallest absolute Gasteiger partial charge is 0.243 e. The summed E-state index contributed by atoms with van der Waals surface area (Å²) in [6.07, 6.45) is 4.76. The summed E-state index contributed by atoms with van der Waals surface area (Å²) < 4.78 is 33.2. The third-order valence-electron chi connectivity index (χ3n) is 5.49. The molecular formula is C20H31N3O4S. The highest BCUT2D eigenvalue weighted by Gasteiger charge is 2.33. The lowest BCUT2D eigenvalue weighted by Crippen LogP contribution is -2.48. The molecule has 1 saturated heterocycles. The number of sulfonamides is 1. The van der Waals surface area contributed by atoms with Gasteiger partial charge in [-0.15, -0.1) is 0 Å². The van der Waals surface area contributed by atoms with Gasteiger partial charge in [-0.3, -0.25) is 9.69 Å². The molecule has 1 aromatic carbocycles. The number of morpholine rings is 1. The molecule has 2 fully saturated rings. The van der Waals surface area contributed by atoms with Gasteiger partial charge in [0.25, 0.3) is 0 Å². The van der Waals surface area contributed by atoms with E-state index < -0.39 is 10.0 Å². The predicted octanol–water partition coefficient (Wildman–Crippen LogP) is 1.46. The molecule has 0 radical (unpaired) electrons. The van der Waals surface area contributed by atoms with E-state index in [4.69, 9.17) is 4.74 Å². The minimum absolute atomic E-state index is 0.107. The third-order valence-corrected chi connectivity index (χ3v) is 7.40. The summed E-state index contributed by atoms with van der Waals surface area (Å²) in [7, 11) is -3.70. The first-order valence-electron chi connectivity index (χ1n) is 10.2. The molecule has 8 heteroatoms. The first-order valence-corrected chi connectivity index (χ1v) is 11.6. The number of carbonyl (C=O) groups excluding carboxylic acids is 1. The Kier molecular flexibility index (Phi) is 7.84. The van der Waals surface area contributed by atoms with Crippen LogP contribution >= 0.6 is 0 Å². The summed E-state index contributed by atoms with van der Waals surface area (Å²) in [5.74, 6) is -0.238. The summed E-state index contributed by atoms with van der Waals surface area (Å²) >= 11 is 0. The fourth-order valence-corrected chi connectivity index (χ4v) is 5.55. The van der Waals surface area contributed by atoms with Crippen LogP contribution in [0.4, 0.5) is 0 Å². The van der Waals surface area contributed by atoms with Crippen molar-refractivity contribution in [1.29, 1.82) is 0 Å². The molecule has 1 aliphatic heterocycles. The van der Waals surface area contributed by atoms with Crippen LogP contribution in [-0.2, 0) is 19.6 Å². The molecule has 1 heterocycles. The standard InChI is InChI=1S/C20H31N3O4S/c24-20(21-11-12-22-13-15-27-16-14-22)17-23(18-7-3-1-4-8-18)28(25,26)19-9-5-2-6-10-19/h2,5-6,9-10,18H,1,3-4,7-8,11-17H2,(H,21,24). The molecule has 156 valence electrons. The fourth-order valence-electron chi connectivity index (χ4n) is 3.88. The van der Waals surface area contributed by atoms with E-state index in [2.05, 4.69) is 10.2 Å². The molecule has 0 bridgehead atoms. The Morgan fingerprint density at radius 1 is 1.11 bits per heavy atom.